The molecular formula is C13H23ClN4O4S. The molecule has 0 aliphatic rings. The van der Waals surface area contributed by atoms with Crippen molar-refractivity contribution in [2.75, 3.05) is 38.7 Å². The Labute approximate surface area is 146 Å². The molecule has 8 nitrogen and oxygen atoms in total. The van der Waals surface area contributed by atoms with Crippen molar-refractivity contribution in [2.24, 2.45) is 5.92 Å². The monoisotopic (exact) mass is 366 g/mol. The fourth-order valence-electron chi connectivity index (χ4n) is 1.59. The molecule has 0 aromatic carbocycles. The van der Waals surface area contributed by atoms with E-state index in [0.29, 0.717) is 18.3 Å². The first-order valence-electron chi connectivity index (χ1n) is 7.00. The summed E-state index contributed by atoms with van der Waals surface area (Å²) in [5, 5.41) is 11.0. The number of rotatable bonds is 8. The lowest BCUT2D eigenvalue weighted by Gasteiger charge is -2.20. The number of nitrogens with zero attached hydrogens (tertiary/aromatic N) is 4. The Morgan fingerprint density at radius 3 is 2.57 bits per heavy atom. The van der Waals surface area contributed by atoms with E-state index in [0.717, 1.165) is 30.5 Å². The van der Waals surface area contributed by atoms with Crippen LogP contribution in [0.5, 0.6) is 0 Å². The Kier molecular flexibility index (Phi) is 9.70. The van der Waals surface area contributed by atoms with Crippen LogP contribution in [0.15, 0.2) is 6.20 Å². The fraction of sp³-hybridized carbons (Fsp3) is 0.692. The predicted octanol–water partition coefficient (Wildman–Crippen LogP) is 3.02. The van der Waals surface area contributed by atoms with Gasteiger partial charge >= 0.3 is 11.1 Å². The average molecular weight is 367 g/mol. The highest BCUT2D eigenvalue weighted by atomic mass is 35.5. The molecule has 132 valence electrons. The summed E-state index contributed by atoms with van der Waals surface area (Å²) >= 11 is 0.872. The third-order valence-corrected chi connectivity index (χ3v) is 3.61. The molecule has 0 N–H and O–H groups in total. The Morgan fingerprint density at radius 1 is 1.43 bits per heavy atom. The normalized spacial score (nSPS) is 10.5. The van der Waals surface area contributed by atoms with Crippen molar-refractivity contribution in [2.45, 2.75) is 20.3 Å². The van der Waals surface area contributed by atoms with Gasteiger partial charge in [0.1, 0.15) is 6.20 Å². The van der Waals surface area contributed by atoms with Gasteiger partial charge in [-0.05, 0) is 44.3 Å². The quantitative estimate of drug-likeness (QED) is 0.519. The van der Waals surface area contributed by atoms with Crippen LogP contribution in [0.25, 0.3) is 0 Å². The Hall–Kier alpha value is -1.45. The van der Waals surface area contributed by atoms with Gasteiger partial charge in [0.05, 0.1) is 11.5 Å². The van der Waals surface area contributed by atoms with Gasteiger partial charge in [0.2, 0.25) is 5.13 Å². The van der Waals surface area contributed by atoms with Crippen LogP contribution >= 0.6 is 23.7 Å². The van der Waals surface area contributed by atoms with Crippen LogP contribution in [0.2, 0.25) is 0 Å². The second-order valence-corrected chi connectivity index (χ2v) is 6.50. The van der Waals surface area contributed by atoms with Crippen molar-refractivity contribution in [3.8, 4) is 0 Å². The van der Waals surface area contributed by atoms with Crippen LogP contribution in [-0.4, -0.2) is 54.7 Å². The van der Waals surface area contributed by atoms with Crippen molar-refractivity contribution in [1.29, 1.82) is 0 Å². The summed E-state index contributed by atoms with van der Waals surface area (Å²) in [7, 11) is 3.88. The number of hydrogen-bond acceptors (Lipinski definition) is 7. The summed E-state index contributed by atoms with van der Waals surface area (Å²) in [4.78, 5) is 29.8. The minimum absolute atomic E-state index is 0. The Bertz CT molecular complexity index is 510. The second-order valence-electron chi connectivity index (χ2n) is 5.52. The molecule has 0 bridgehead atoms. The van der Waals surface area contributed by atoms with Crippen LogP contribution in [0.4, 0.5) is 14.9 Å². The maximum atomic E-state index is 12.2. The van der Waals surface area contributed by atoms with E-state index >= 15 is 0 Å². The molecule has 1 heterocycles. The topological polar surface area (TPSA) is 88.8 Å². The van der Waals surface area contributed by atoms with Crippen molar-refractivity contribution in [3.05, 3.63) is 16.3 Å². The first kappa shape index (κ1) is 21.6. The molecule has 1 rings (SSSR count). The largest absolute Gasteiger partial charge is 0.449 e. The second kappa shape index (κ2) is 10.3. The number of amides is 1. The molecule has 0 aliphatic heterocycles. The molecule has 1 aromatic rings. The van der Waals surface area contributed by atoms with E-state index in [1.807, 2.05) is 32.8 Å². The number of anilines is 1. The smallest absolute Gasteiger partial charge is 0.416 e. The summed E-state index contributed by atoms with van der Waals surface area (Å²) in [6, 6.07) is 0. The maximum Gasteiger partial charge on any atom is 0.416 e. The molecule has 0 aliphatic carbocycles. The van der Waals surface area contributed by atoms with Crippen molar-refractivity contribution in [1.82, 2.24) is 9.88 Å². The molecule has 0 spiro atoms. The lowest BCUT2D eigenvalue weighted by atomic mass is 10.2. The number of halogens is 1. The number of carbonyl (C=O) groups excluding carboxylic acids is 1. The van der Waals surface area contributed by atoms with Crippen molar-refractivity contribution >= 4 is 40.0 Å². The standard InChI is InChI=1S/C13H22N4O4S.ClH/c1-10(2)9-21-13(18)16(7-5-6-15(3)4)12-14-8-11(22-12)17(19)20;/h8,10H,5-7,9H2,1-4H3;1H. The van der Waals surface area contributed by atoms with Crippen LogP contribution in [0.1, 0.15) is 20.3 Å². The van der Waals surface area contributed by atoms with Gasteiger partial charge in [-0.2, -0.15) is 0 Å². The van der Waals surface area contributed by atoms with Crippen molar-refractivity contribution in [3.63, 3.8) is 0 Å². The molecule has 0 radical (unpaired) electrons. The van der Waals surface area contributed by atoms with Gasteiger partial charge in [0.15, 0.2) is 0 Å². The van der Waals surface area contributed by atoms with Gasteiger partial charge in [0, 0.05) is 6.54 Å². The number of carbonyl (C=O) groups is 1. The fourth-order valence-corrected chi connectivity index (χ4v) is 2.34. The van der Waals surface area contributed by atoms with Gasteiger partial charge in [-0.25, -0.2) is 9.78 Å². The zero-order valence-corrected chi connectivity index (χ0v) is 15.4. The lowest BCUT2D eigenvalue weighted by molar-refractivity contribution is -0.380. The third-order valence-electron chi connectivity index (χ3n) is 2.64. The first-order chi connectivity index (χ1) is 10.3. The van der Waals surface area contributed by atoms with Crippen LogP contribution < -0.4 is 4.90 Å². The van der Waals surface area contributed by atoms with Gasteiger partial charge in [-0.15, -0.1) is 12.4 Å². The van der Waals surface area contributed by atoms with E-state index in [9.17, 15) is 14.9 Å². The minimum atomic E-state index is -0.517. The molecule has 0 fully saturated rings. The van der Waals surface area contributed by atoms with Crippen LogP contribution in [-0.2, 0) is 4.74 Å². The summed E-state index contributed by atoms with van der Waals surface area (Å²) in [6.45, 7) is 5.38. The highest BCUT2D eigenvalue weighted by molar-refractivity contribution is 7.18. The number of hydrogen-bond donors (Lipinski definition) is 0. The molecule has 23 heavy (non-hydrogen) atoms. The number of aromatic nitrogens is 1. The summed E-state index contributed by atoms with van der Waals surface area (Å²) in [5.41, 5.74) is 0. The van der Waals surface area contributed by atoms with Gasteiger partial charge in [-0.1, -0.05) is 13.8 Å². The zero-order chi connectivity index (χ0) is 16.7. The molecule has 0 atom stereocenters. The third kappa shape index (κ3) is 7.58. The number of ether oxygens (including phenoxy) is 1. The Morgan fingerprint density at radius 2 is 2.09 bits per heavy atom. The molecule has 0 saturated heterocycles. The van der Waals surface area contributed by atoms with E-state index in [1.165, 1.54) is 4.90 Å². The van der Waals surface area contributed by atoms with Crippen LogP contribution in [0.3, 0.4) is 0 Å². The molecular weight excluding hydrogens is 344 g/mol. The molecule has 0 saturated carbocycles. The first-order valence-corrected chi connectivity index (χ1v) is 7.82. The average Bonchev–Trinajstić information content (AvgIpc) is 2.90. The molecule has 1 aromatic heterocycles. The molecule has 1 amide bonds. The zero-order valence-electron chi connectivity index (χ0n) is 13.7. The van der Waals surface area contributed by atoms with E-state index < -0.39 is 11.0 Å². The van der Waals surface area contributed by atoms with E-state index in [1.54, 1.807) is 0 Å². The summed E-state index contributed by atoms with van der Waals surface area (Å²) in [5.74, 6) is 0.221. The lowest BCUT2D eigenvalue weighted by Crippen LogP contribution is -2.34. The van der Waals surface area contributed by atoms with E-state index in [4.69, 9.17) is 4.74 Å². The minimum Gasteiger partial charge on any atom is -0.449 e. The highest BCUT2D eigenvalue weighted by Gasteiger charge is 2.23. The molecule has 0 unspecified atom stereocenters. The predicted molar refractivity (Wildman–Crippen MR) is 92.7 cm³/mol. The summed E-state index contributed by atoms with van der Waals surface area (Å²) < 4.78 is 5.22. The number of thiazole rings is 1. The highest BCUT2D eigenvalue weighted by Crippen LogP contribution is 2.28. The number of nitro groups is 1. The van der Waals surface area contributed by atoms with E-state index in [2.05, 4.69) is 4.98 Å². The van der Waals surface area contributed by atoms with Crippen molar-refractivity contribution < 1.29 is 14.5 Å². The van der Waals surface area contributed by atoms with Gasteiger partial charge in [0.25, 0.3) is 0 Å². The summed E-state index contributed by atoms with van der Waals surface area (Å²) in [6.07, 6.45) is 1.36. The Balaban J connectivity index is 0.00000484. The SMILES string of the molecule is CC(C)COC(=O)N(CCCN(C)C)c1ncc([N+](=O)[O-])s1.Cl. The van der Waals surface area contributed by atoms with Crippen LogP contribution in [0, 0.1) is 16.0 Å². The van der Waals surface area contributed by atoms with Gasteiger partial charge < -0.3 is 9.64 Å². The van der Waals surface area contributed by atoms with Gasteiger partial charge in [-0.3, -0.25) is 15.0 Å². The molecule has 10 heteroatoms. The van der Waals surface area contributed by atoms with E-state index in [-0.39, 0.29) is 23.3 Å². The maximum absolute atomic E-state index is 12.2.